The van der Waals surface area contributed by atoms with Crippen LogP contribution in [0.5, 0.6) is 0 Å². The van der Waals surface area contributed by atoms with Crippen molar-refractivity contribution in [2.24, 2.45) is 0 Å². The molecule has 0 radical (unpaired) electrons. The molecule has 0 spiro atoms. The van der Waals surface area contributed by atoms with Crippen LogP contribution in [0.2, 0.25) is 0 Å². The highest BCUT2D eigenvalue weighted by molar-refractivity contribution is 7.89. The van der Waals surface area contributed by atoms with Crippen molar-refractivity contribution in [3.63, 3.8) is 0 Å². The molecule has 0 saturated carbocycles. The lowest BCUT2D eigenvalue weighted by molar-refractivity contribution is 0.00119. The molecule has 0 aromatic heterocycles. The lowest BCUT2D eigenvalue weighted by atomic mass is 10.2. The molecular weight excluding hydrogens is 350 g/mol. The third-order valence-corrected chi connectivity index (χ3v) is 7.59. The van der Waals surface area contributed by atoms with Gasteiger partial charge in [0.05, 0.1) is 18.1 Å². The molecule has 2 aliphatic heterocycles. The van der Waals surface area contributed by atoms with Crippen LogP contribution in [0, 0.1) is 0 Å². The third-order valence-electron chi connectivity index (χ3n) is 5.55. The number of anilines is 1. The van der Waals surface area contributed by atoms with Gasteiger partial charge in [0.25, 0.3) is 0 Å². The van der Waals surface area contributed by atoms with Crippen LogP contribution in [0.1, 0.15) is 26.3 Å². The molecule has 1 fully saturated rings. The second kappa shape index (κ2) is 8.25. The molecule has 0 aliphatic carbocycles. The monoisotopic (exact) mass is 381 g/mol. The van der Waals surface area contributed by atoms with Crippen LogP contribution in [0.25, 0.3) is 0 Å². The Bertz CT molecular complexity index is 719. The van der Waals surface area contributed by atoms with E-state index in [1.165, 1.54) is 9.99 Å². The van der Waals surface area contributed by atoms with Crippen molar-refractivity contribution in [1.29, 1.82) is 0 Å². The maximum absolute atomic E-state index is 12.7. The third kappa shape index (κ3) is 3.91. The molecule has 1 aromatic rings. The number of nitrogens with zero attached hydrogens (tertiary/aromatic N) is 3. The number of hydrogen-bond acceptors (Lipinski definition) is 5. The summed E-state index contributed by atoms with van der Waals surface area (Å²) >= 11 is 0. The molecule has 0 N–H and O–H groups in total. The number of morpholine rings is 1. The largest absolute Gasteiger partial charge is 0.379 e. The van der Waals surface area contributed by atoms with E-state index in [0.29, 0.717) is 24.0 Å². The Morgan fingerprint density at radius 3 is 2.65 bits per heavy atom. The van der Waals surface area contributed by atoms with Gasteiger partial charge >= 0.3 is 0 Å². The molecule has 0 amide bonds. The van der Waals surface area contributed by atoms with Crippen LogP contribution in [0.3, 0.4) is 0 Å². The summed E-state index contributed by atoms with van der Waals surface area (Å²) in [5.41, 5.74) is 2.33. The first-order valence-electron chi connectivity index (χ1n) is 9.67. The summed E-state index contributed by atoms with van der Waals surface area (Å²) in [6.07, 6.45) is 0.912. The fourth-order valence-electron chi connectivity index (χ4n) is 3.89. The van der Waals surface area contributed by atoms with Gasteiger partial charge in [0, 0.05) is 51.0 Å². The van der Waals surface area contributed by atoms with Crippen molar-refractivity contribution < 1.29 is 13.2 Å². The minimum Gasteiger partial charge on any atom is -0.379 e. The van der Waals surface area contributed by atoms with Crippen LogP contribution in [-0.4, -0.2) is 76.1 Å². The quantitative estimate of drug-likeness (QED) is 0.721. The van der Waals surface area contributed by atoms with Gasteiger partial charge in [0.15, 0.2) is 0 Å². The van der Waals surface area contributed by atoms with Gasteiger partial charge in [-0.15, -0.1) is 0 Å². The zero-order chi connectivity index (χ0) is 18.7. The second-order valence-electron chi connectivity index (χ2n) is 7.08. The number of fused-ring (bicyclic) bond motifs is 1. The van der Waals surface area contributed by atoms with Crippen LogP contribution in [0.4, 0.5) is 5.69 Å². The summed E-state index contributed by atoms with van der Waals surface area (Å²) in [6, 6.07) is 6.09. The van der Waals surface area contributed by atoms with Crippen LogP contribution >= 0.6 is 0 Å². The Balaban J connectivity index is 1.70. The first-order chi connectivity index (χ1) is 12.5. The number of hydrogen-bond donors (Lipinski definition) is 0. The topological polar surface area (TPSA) is 53.1 Å². The molecule has 1 atom stereocenters. The maximum Gasteiger partial charge on any atom is 0.243 e. The summed E-state index contributed by atoms with van der Waals surface area (Å²) in [4.78, 5) is 5.27. The molecular formula is C19H31N3O3S. The van der Waals surface area contributed by atoms with Crippen LogP contribution in [0.15, 0.2) is 23.1 Å². The van der Waals surface area contributed by atoms with Crippen molar-refractivity contribution in [2.45, 2.75) is 38.1 Å². The van der Waals surface area contributed by atoms with Crippen molar-refractivity contribution in [3.05, 3.63) is 23.8 Å². The minimum atomic E-state index is -3.38. The van der Waals surface area contributed by atoms with Crippen LogP contribution < -0.4 is 4.90 Å². The van der Waals surface area contributed by atoms with E-state index >= 15 is 0 Å². The first kappa shape index (κ1) is 19.6. The van der Waals surface area contributed by atoms with Gasteiger partial charge in [-0.1, -0.05) is 13.8 Å². The molecule has 26 heavy (non-hydrogen) atoms. The maximum atomic E-state index is 12.7. The Hall–Kier alpha value is -1.15. The SMILES string of the molecule is CCN(CC)S(=O)(=O)c1ccc2c(c1)CCN2CCN1CCOCC1C. The lowest BCUT2D eigenvalue weighted by Crippen LogP contribution is -2.46. The van der Waals surface area contributed by atoms with Gasteiger partial charge in [0.2, 0.25) is 10.0 Å². The number of ether oxygens (including phenoxy) is 1. The predicted octanol–water partition coefficient (Wildman–Crippen LogP) is 1.80. The van der Waals surface area contributed by atoms with E-state index in [2.05, 4.69) is 16.7 Å². The number of sulfonamides is 1. The molecule has 3 rings (SSSR count). The van der Waals surface area contributed by atoms with E-state index in [1.54, 1.807) is 6.07 Å². The molecule has 1 saturated heterocycles. The Morgan fingerprint density at radius 2 is 1.96 bits per heavy atom. The fraction of sp³-hybridized carbons (Fsp3) is 0.684. The number of rotatable bonds is 7. The minimum absolute atomic E-state index is 0.420. The number of benzene rings is 1. The van der Waals surface area contributed by atoms with Gasteiger partial charge in [-0.25, -0.2) is 8.42 Å². The first-order valence-corrected chi connectivity index (χ1v) is 11.1. The van der Waals surface area contributed by atoms with E-state index in [0.717, 1.165) is 51.4 Å². The summed E-state index contributed by atoms with van der Waals surface area (Å²) in [5.74, 6) is 0. The van der Waals surface area contributed by atoms with Gasteiger partial charge in [0.1, 0.15) is 0 Å². The normalized spacial score (nSPS) is 21.4. The van der Waals surface area contributed by atoms with Gasteiger partial charge < -0.3 is 9.64 Å². The predicted molar refractivity (Wildman–Crippen MR) is 104 cm³/mol. The Labute approximate surface area is 157 Å². The highest BCUT2D eigenvalue weighted by Gasteiger charge is 2.26. The summed E-state index contributed by atoms with van der Waals surface area (Å²) in [7, 11) is -3.38. The van der Waals surface area contributed by atoms with Gasteiger partial charge in [-0.3, -0.25) is 4.90 Å². The van der Waals surface area contributed by atoms with E-state index in [9.17, 15) is 8.42 Å². The van der Waals surface area contributed by atoms with E-state index in [4.69, 9.17) is 4.74 Å². The van der Waals surface area contributed by atoms with E-state index in [-0.39, 0.29) is 0 Å². The molecule has 146 valence electrons. The fourth-order valence-corrected chi connectivity index (χ4v) is 5.40. The Kier molecular flexibility index (Phi) is 6.22. The molecule has 2 heterocycles. The van der Waals surface area contributed by atoms with Crippen LogP contribution in [-0.2, 0) is 21.2 Å². The van der Waals surface area contributed by atoms with Crippen molar-refractivity contribution >= 4 is 15.7 Å². The average Bonchev–Trinajstić information content (AvgIpc) is 3.04. The van der Waals surface area contributed by atoms with Crippen molar-refractivity contribution in [1.82, 2.24) is 9.21 Å². The van der Waals surface area contributed by atoms with Crippen molar-refractivity contribution in [3.8, 4) is 0 Å². The molecule has 6 nitrogen and oxygen atoms in total. The van der Waals surface area contributed by atoms with E-state index < -0.39 is 10.0 Å². The zero-order valence-corrected chi connectivity index (χ0v) is 17.0. The van der Waals surface area contributed by atoms with Gasteiger partial charge in [-0.05, 0) is 37.1 Å². The highest BCUT2D eigenvalue weighted by atomic mass is 32.2. The smallest absolute Gasteiger partial charge is 0.243 e. The molecule has 1 aromatic carbocycles. The standard InChI is InChI=1S/C19H31N3O3S/c1-4-22(5-2)26(23,24)18-6-7-19-17(14-18)8-9-21(19)11-10-20-12-13-25-15-16(20)3/h6-7,14,16H,4-5,8-13,15H2,1-3H3. The average molecular weight is 382 g/mol. The summed E-state index contributed by atoms with van der Waals surface area (Å²) < 4.78 is 32.5. The highest BCUT2D eigenvalue weighted by Crippen LogP contribution is 2.31. The molecule has 1 unspecified atom stereocenters. The van der Waals surface area contributed by atoms with E-state index in [1.807, 2.05) is 26.0 Å². The summed E-state index contributed by atoms with van der Waals surface area (Å²) in [6.45, 7) is 12.5. The Morgan fingerprint density at radius 1 is 1.19 bits per heavy atom. The van der Waals surface area contributed by atoms with Gasteiger partial charge in [-0.2, -0.15) is 4.31 Å². The zero-order valence-electron chi connectivity index (χ0n) is 16.1. The second-order valence-corrected chi connectivity index (χ2v) is 9.01. The van der Waals surface area contributed by atoms with Crippen molar-refractivity contribution in [2.75, 3.05) is 57.4 Å². The molecule has 2 aliphatic rings. The molecule has 0 bridgehead atoms. The summed E-state index contributed by atoms with van der Waals surface area (Å²) in [5, 5.41) is 0. The molecule has 7 heteroatoms. The lowest BCUT2D eigenvalue weighted by Gasteiger charge is -2.34.